The van der Waals surface area contributed by atoms with E-state index < -0.39 is 21.7 Å². The van der Waals surface area contributed by atoms with Crippen LogP contribution in [0.2, 0.25) is 0 Å². The number of rotatable bonds is 4. The molecule has 0 radical (unpaired) electrons. The summed E-state index contributed by atoms with van der Waals surface area (Å²) in [5.74, 6) is -1.10. The fourth-order valence-corrected chi connectivity index (χ4v) is 3.16. The van der Waals surface area contributed by atoms with Crippen molar-refractivity contribution >= 4 is 32.7 Å². The molecule has 0 aliphatic carbocycles. The number of anilines is 1. The molecule has 0 spiro atoms. The van der Waals surface area contributed by atoms with Crippen molar-refractivity contribution in [2.75, 3.05) is 4.72 Å². The molecule has 0 fully saturated rings. The van der Waals surface area contributed by atoms with Gasteiger partial charge in [0.15, 0.2) is 0 Å². The van der Waals surface area contributed by atoms with Crippen molar-refractivity contribution in [3.05, 3.63) is 58.5 Å². The smallest absolute Gasteiger partial charge is 0.335 e. The Bertz CT molecular complexity index is 1050. The third kappa shape index (κ3) is 2.94. The van der Waals surface area contributed by atoms with Crippen molar-refractivity contribution in [3.8, 4) is 0 Å². The molecule has 0 aliphatic rings. The van der Waals surface area contributed by atoms with Gasteiger partial charge in [0.05, 0.1) is 21.5 Å². The van der Waals surface area contributed by atoms with Gasteiger partial charge in [-0.05, 0) is 42.5 Å². The fourth-order valence-electron chi connectivity index (χ4n) is 2.07. The Kier molecular flexibility index (Phi) is 3.41. The number of aromatic carboxylic acids is 1. The largest absolute Gasteiger partial charge is 0.478 e. The Morgan fingerprint density at radius 1 is 1.00 bits per heavy atom. The molecule has 1 heterocycles. The van der Waals surface area contributed by atoms with Crippen LogP contribution in [-0.2, 0) is 10.0 Å². The second-order valence-corrected chi connectivity index (χ2v) is 6.46. The highest BCUT2D eigenvalue weighted by Gasteiger charge is 2.15. The maximum Gasteiger partial charge on any atom is 0.335 e. The average molecular weight is 333 g/mol. The van der Waals surface area contributed by atoms with Gasteiger partial charge in [-0.3, -0.25) is 4.72 Å². The van der Waals surface area contributed by atoms with E-state index in [9.17, 15) is 18.0 Å². The topological polar surface area (TPSA) is 132 Å². The molecule has 0 bridgehead atoms. The summed E-state index contributed by atoms with van der Waals surface area (Å²) in [7, 11) is -3.86. The number of H-pyrrole nitrogens is 2. The van der Waals surface area contributed by atoms with Crippen LogP contribution in [0.1, 0.15) is 10.4 Å². The zero-order valence-electron chi connectivity index (χ0n) is 11.5. The van der Waals surface area contributed by atoms with Gasteiger partial charge in [0.25, 0.3) is 10.0 Å². The molecule has 23 heavy (non-hydrogen) atoms. The normalized spacial score (nSPS) is 11.5. The molecule has 0 unspecified atom stereocenters. The lowest BCUT2D eigenvalue weighted by Crippen LogP contribution is -2.13. The molecule has 8 nitrogen and oxygen atoms in total. The predicted molar refractivity (Wildman–Crippen MR) is 83.1 cm³/mol. The summed E-state index contributed by atoms with van der Waals surface area (Å²) in [6.07, 6.45) is 0. The number of imidazole rings is 1. The molecule has 3 rings (SSSR count). The molecule has 2 aromatic carbocycles. The molecule has 3 aromatic rings. The third-order valence-corrected chi connectivity index (χ3v) is 4.56. The number of carboxylic acid groups (broad SMARTS) is 1. The number of benzene rings is 2. The molecule has 0 saturated heterocycles. The number of carboxylic acids is 1. The average Bonchev–Trinajstić information content (AvgIpc) is 2.86. The standard InChI is InChI=1S/C14H11N3O5S/c18-13(19)8-1-3-9(4-2-8)17-23(21,22)10-5-6-11-12(7-10)16-14(20)15-11/h1-7,17H,(H,18,19)(H2,15,16,20). The van der Waals surface area contributed by atoms with Crippen molar-refractivity contribution in [1.82, 2.24) is 9.97 Å². The first kappa shape index (κ1) is 14.9. The Balaban J connectivity index is 1.93. The van der Waals surface area contributed by atoms with Gasteiger partial charge in [-0.1, -0.05) is 0 Å². The molecule has 0 aliphatic heterocycles. The van der Waals surface area contributed by atoms with E-state index in [4.69, 9.17) is 5.11 Å². The molecule has 9 heteroatoms. The van der Waals surface area contributed by atoms with Crippen LogP contribution in [0.15, 0.2) is 52.2 Å². The summed E-state index contributed by atoms with van der Waals surface area (Å²) >= 11 is 0. The van der Waals surface area contributed by atoms with Crippen molar-refractivity contribution in [2.45, 2.75) is 4.90 Å². The molecule has 0 amide bonds. The van der Waals surface area contributed by atoms with Gasteiger partial charge in [0, 0.05) is 5.69 Å². The Morgan fingerprint density at radius 2 is 1.65 bits per heavy atom. The van der Waals surface area contributed by atoms with Crippen LogP contribution >= 0.6 is 0 Å². The van der Waals surface area contributed by atoms with Crippen molar-refractivity contribution in [3.63, 3.8) is 0 Å². The van der Waals surface area contributed by atoms with Crippen LogP contribution in [-0.4, -0.2) is 29.5 Å². The molecule has 0 saturated carbocycles. The molecule has 4 N–H and O–H groups in total. The van der Waals surface area contributed by atoms with Gasteiger partial charge in [-0.15, -0.1) is 0 Å². The second kappa shape index (κ2) is 5.29. The predicted octanol–water partition coefficient (Wildman–Crippen LogP) is 1.36. The number of hydrogen-bond acceptors (Lipinski definition) is 4. The van der Waals surface area contributed by atoms with Gasteiger partial charge >= 0.3 is 11.7 Å². The number of carbonyl (C=O) groups is 1. The SMILES string of the molecule is O=C(O)c1ccc(NS(=O)(=O)c2ccc3[nH]c(=O)[nH]c3c2)cc1. The van der Waals surface area contributed by atoms with Crippen molar-refractivity contribution < 1.29 is 18.3 Å². The fraction of sp³-hybridized carbons (Fsp3) is 0. The first-order valence-electron chi connectivity index (χ1n) is 6.43. The van der Waals surface area contributed by atoms with Crippen LogP contribution < -0.4 is 10.4 Å². The monoisotopic (exact) mass is 333 g/mol. The van der Waals surface area contributed by atoms with E-state index in [-0.39, 0.29) is 16.1 Å². The van der Waals surface area contributed by atoms with Gasteiger partial charge in [-0.2, -0.15) is 0 Å². The lowest BCUT2D eigenvalue weighted by atomic mass is 10.2. The molecular weight excluding hydrogens is 322 g/mol. The van der Waals surface area contributed by atoms with Crippen molar-refractivity contribution in [1.29, 1.82) is 0 Å². The minimum absolute atomic E-state index is 0.0254. The summed E-state index contributed by atoms with van der Waals surface area (Å²) in [6, 6.07) is 9.49. The third-order valence-electron chi connectivity index (χ3n) is 3.18. The highest BCUT2D eigenvalue weighted by Crippen LogP contribution is 2.19. The van der Waals surface area contributed by atoms with E-state index >= 15 is 0 Å². The van der Waals surface area contributed by atoms with Crippen LogP contribution in [0.3, 0.4) is 0 Å². The summed E-state index contributed by atoms with van der Waals surface area (Å²) in [4.78, 5) is 27.0. The van der Waals surface area contributed by atoms with Gasteiger partial charge in [0.2, 0.25) is 0 Å². The van der Waals surface area contributed by atoms with Gasteiger partial charge in [0.1, 0.15) is 0 Å². The van der Waals surface area contributed by atoms with E-state index in [0.717, 1.165) is 0 Å². The molecular formula is C14H11N3O5S. The van der Waals surface area contributed by atoms with Crippen LogP contribution in [0.4, 0.5) is 5.69 Å². The van der Waals surface area contributed by atoms with E-state index in [0.29, 0.717) is 11.0 Å². The maximum atomic E-state index is 12.3. The second-order valence-electron chi connectivity index (χ2n) is 4.77. The first-order chi connectivity index (χ1) is 10.8. The van der Waals surface area contributed by atoms with E-state index in [1.807, 2.05) is 0 Å². The minimum atomic E-state index is -3.86. The zero-order chi connectivity index (χ0) is 16.6. The van der Waals surface area contributed by atoms with E-state index in [1.54, 1.807) is 0 Å². The maximum absolute atomic E-state index is 12.3. The van der Waals surface area contributed by atoms with Crippen LogP contribution in [0, 0.1) is 0 Å². The molecule has 1 aromatic heterocycles. The summed E-state index contributed by atoms with van der Waals surface area (Å²) in [5.41, 5.74) is 0.738. The lowest BCUT2D eigenvalue weighted by molar-refractivity contribution is 0.0697. The Morgan fingerprint density at radius 3 is 2.30 bits per heavy atom. The number of fused-ring (bicyclic) bond motifs is 1. The molecule has 118 valence electrons. The van der Waals surface area contributed by atoms with Crippen molar-refractivity contribution in [2.24, 2.45) is 0 Å². The van der Waals surface area contributed by atoms with Crippen LogP contribution in [0.5, 0.6) is 0 Å². The highest BCUT2D eigenvalue weighted by atomic mass is 32.2. The minimum Gasteiger partial charge on any atom is -0.478 e. The number of aromatic nitrogens is 2. The number of nitrogens with one attached hydrogen (secondary N) is 3. The highest BCUT2D eigenvalue weighted by molar-refractivity contribution is 7.92. The summed E-state index contributed by atoms with van der Waals surface area (Å²) < 4.78 is 27.0. The summed E-state index contributed by atoms with van der Waals surface area (Å²) in [5, 5.41) is 8.82. The first-order valence-corrected chi connectivity index (χ1v) is 7.92. The van der Waals surface area contributed by atoms with Gasteiger partial charge < -0.3 is 15.1 Å². The number of aromatic amines is 2. The quantitative estimate of drug-likeness (QED) is 0.572. The Labute approximate surface area is 129 Å². The van der Waals surface area contributed by atoms with Crippen LogP contribution in [0.25, 0.3) is 11.0 Å². The summed E-state index contributed by atoms with van der Waals surface area (Å²) in [6.45, 7) is 0. The number of sulfonamides is 1. The van der Waals surface area contributed by atoms with Gasteiger partial charge in [-0.25, -0.2) is 18.0 Å². The Hall–Kier alpha value is -3.07. The molecule has 0 atom stereocenters. The number of hydrogen-bond donors (Lipinski definition) is 4. The zero-order valence-corrected chi connectivity index (χ0v) is 12.3. The van der Waals surface area contributed by atoms with E-state index in [1.165, 1.54) is 42.5 Å². The van der Waals surface area contributed by atoms with E-state index in [2.05, 4.69) is 14.7 Å². The lowest BCUT2D eigenvalue weighted by Gasteiger charge is -2.08.